The number of nitrogens with one attached hydrogen (secondary N) is 1. The van der Waals surface area contributed by atoms with Gasteiger partial charge in [-0.05, 0) is 63.0 Å². The van der Waals surface area contributed by atoms with Crippen molar-refractivity contribution in [2.45, 2.75) is 46.0 Å². The molecule has 0 saturated heterocycles. The van der Waals surface area contributed by atoms with Gasteiger partial charge in [-0.15, -0.1) is 0 Å². The van der Waals surface area contributed by atoms with Crippen LogP contribution in [0.3, 0.4) is 0 Å². The first-order valence-electron chi connectivity index (χ1n) is 8.39. The molecule has 124 valence electrons. The lowest BCUT2D eigenvalue weighted by atomic mass is 10.1. The fraction of sp³-hybridized carbons (Fsp3) is 0.611. The quantitative estimate of drug-likeness (QED) is 0.626. The molecule has 22 heavy (non-hydrogen) atoms. The normalized spacial score (nSPS) is 10.9. The molecule has 1 aromatic rings. The lowest BCUT2D eigenvalue weighted by molar-refractivity contribution is -0.121. The molecule has 0 fully saturated rings. The van der Waals surface area contributed by atoms with Crippen molar-refractivity contribution in [3.63, 3.8) is 0 Å². The Balaban J connectivity index is 2.03. The Kier molecular flexibility index (Phi) is 9.93. The van der Waals surface area contributed by atoms with Crippen LogP contribution in [0.1, 0.15) is 45.1 Å². The Bertz CT molecular complexity index is 416. The average Bonchev–Trinajstić information content (AvgIpc) is 2.53. The van der Waals surface area contributed by atoms with Gasteiger partial charge < -0.3 is 10.2 Å². The topological polar surface area (TPSA) is 32.3 Å². The highest BCUT2D eigenvalue weighted by Gasteiger charge is 2.02. The fourth-order valence-electron chi connectivity index (χ4n) is 2.42. The largest absolute Gasteiger partial charge is 0.356 e. The minimum atomic E-state index is 0.164. The van der Waals surface area contributed by atoms with Gasteiger partial charge in [-0.3, -0.25) is 4.79 Å². The van der Waals surface area contributed by atoms with E-state index in [0.717, 1.165) is 56.9 Å². The van der Waals surface area contributed by atoms with Crippen molar-refractivity contribution in [3.05, 3.63) is 34.9 Å². The van der Waals surface area contributed by atoms with E-state index in [0.29, 0.717) is 6.42 Å². The van der Waals surface area contributed by atoms with Crippen LogP contribution in [0.25, 0.3) is 0 Å². The smallest absolute Gasteiger partial charge is 0.220 e. The zero-order valence-electron chi connectivity index (χ0n) is 13.9. The lowest BCUT2D eigenvalue weighted by Crippen LogP contribution is -2.27. The Morgan fingerprint density at radius 1 is 1.09 bits per heavy atom. The van der Waals surface area contributed by atoms with Gasteiger partial charge in [-0.1, -0.05) is 37.6 Å². The summed E-state index contributed by atoms with van der Waals surface area (Å²) in [5.41, 5.74) is 1.23. The molecular formula is C18H29ClN2O. The number of hydrogen-bond donors (Lipinski definition) is 1. The first-order valence-corrected chi connectivity index (χ1v) is 8.77. The number of nitrogens with zero attached hydrogens (tertiary/aromatic N) is 1. The summed E-state index contributed by atoms with van der Waals surface area (Å²) in [5.74, 6) is 0.164. The van der Waals surface area contributed by atoms with Crippen LogP contribution in [0.5, 0.6) is 0 Å². The van der Waals surface area contributed by atoms with Crippen molar-refractivity contribution >= 4 is 17.5 Å². The maximum Gasteiger partial charge on any atom is 0.220 e. The van der Waals surface area contributed by atoms with Gasteiger partial charge in [0.1, 0.15) is 0 Å². The van der Waals surface area contributed by atoms with E-state index >= 15 is 0 Å². The highest BCUT2D eigenvalue weighted by Crippen LogP contribution is 2.11. The highest BCUT2D eigenvalue weighted by atomic mass is 35.5. The Morgan fingerprint density at radius 3 is 2.41 bits per heavy atom. The summed E-state index contributed by atoms with van der Waals surface area (Å²) in [6.45, 7) is 8.50. The molecule has 1 rings (SSSR count). The second-order valence-corrected chi connectivity index (χ2v) is 6.00. The van der Waals surface area contributed by atoms with Crippen LogP contribution in [0.2, 0.25) is 5.02 Å². The molecule has 0 saturated carbocycles. The third-order valence-corrected chi connectivity index (χ3v) is 4.15. The standard InChI is InChI=1S/C18H29ClN2O/c1-3-21(4-2)15-6-5-14-20-18(22)9-7-8-16-10-12-17(19)13-11-16/h10-13H,3-9,14-15H2,1-2H3,(H,20,22). The number of halogens is 1. The summed E-state index contributed by atoms with van der Waals surface area (Å²) in [4.78, 5) is 14.2. The van der Waals surface area contributed by atoms with Crippen LogP contribution in [0.15, 0.2) is 24.3 Å². The molecular weight excluding hydrogens is 296 g/mol. The molecule has 0 aliphatic rings. The third kappa shape index (κ3) is 8.40. The van der Waals surface area contributed by atoms with Crippen molar-refractivity contribution in [2.75, 3.05) is 26.2 Å². The van der Waals surface area contributed by atoms with Gasteiger partial charge in [0.05, 0.1) is 0 Å². The number of rotatable bonds is 11. The Morgan fingerprint density at radius 2 is 1.77 bits per heavy atom. The van der Waals surface area contributed by atoms with Crippen LogP contribution in [0.4, 0.5) is 0 Å². The zero-order chi connectivity index (χ0) is 16.2. The molecule has 0 unspecified atom stereocenters. The molecule has 0 atom stereocenters. The molecule has 0 aliphatic carbocycles. The molecule has 0 aromatic heterocycles. The number of aryl methyl sites for hydroxylation is 1. The van der Waals surface area contributed by atoms with Crippen LogP contribution in [0, 0.1) is 0 Å². The van der Waals surface area contributed by atoms with Gasteiger partial charge in [0, 0.05) is 18.0 Å². The molecule has 0 radical (unpaired) electrons. The SMILES string of the molecule is CCN(CC)CCCCNC(=O)CCCc1ccc(Cl)cc1. The Hall–Kier alpha value is -1.06. The maximum atomic E-state index is 11.8. The van der Waals surface area contributed by atoms with E-state index < -0.39 is 0 Å². The van der Waals surface area contributed by atoms with E-state index in [-0.39, 0.29) is 5.91 Å². The van der Waals surface area contributed by atoms with Gasteiger partial charge in [0.15, 0.2) is 0 Å². The van der Waals surface area contributed by atoms with E-state index in [1.165, 1.54) is 5.56 Å². The number of benzene rings is 1. The molecule has 0 spiro atoms. The number of carbonyl (C=O) groups excluding carboxylic acids is 1. The summed E-state index contributed by atoms with van der Waals surface area (Å²) in [6, 6.07) is 7.83. The first-order chi connectivity index (χ1) is 10.7. The van der Waals surface area contributed by atoms with Crippen molar-refractivity contribution in [1.29, 1.82) is 0 Å². The van der Waals surface area contributed by atoms with Crippen LogP contribution in [-0.4, -0.2) is 37.0 Å². The fourth-order valence-corrected chi connectivity index (χ4v) is 2.55. The minimum absolute atomic E-state index is 0.164. The average molecular weight is 325 g/mol. The van der Waals surface area contributed by atoms with E-state index in [1.54, 1.807) is 0 Å². The minimum Gasteiger partial charge on any atom is -0.356 e. The van der Waals surface area contributed by atoms with Crippen LogP contribution < -0.4 is 5.32 Å². The first kappa shape index (κ1) is 19.0. The monoisotopic (exact) mass is 324 g/mol. The predicted molar refractivity (Wildman–Crippen MR) is 94.4 cm³/mol. The van der Waals surface area contributed by atoms with Gasteiger partial charge >= 0.3 is 0 Å². The zero-order valence-corrected chi connectivity index (χ0v) is 14.7. The summed E-state index contributed by atoms with van der Waals surface area (Å²) in [7, 11) is 0. The van der Waals surface area contributed by atoms with Crippen molar-refractivity contribution in [1.82, 2.24) is 10.2 Å². The summed E-state index contributed by atoms with van der Waals surface area (Å²) >= 11 is 5.85. The second kappa shape index (κ2) is 11.5. The molecule has 0 bridgehead atoms. The Labute approximate surface area is 140 Å². The van der Waals surface area contributed by atoms with Gasteiger partial charge in [0.25, 0.3) is 0 Å². The van der Waals surface area contributed by atoms with E-state index in [2.05, 4.69) is 24.1 Å². The van der Waals surface area contributed by atoms with E-state index in [4.69, 9.17) is 11.6 Å². The number of amides is 1. The van der Waals surface area contributed by atoms with Crippen molar-refractivity contribution in [3.8, 4) is 0 Å². The molecule has 4 heteroatoms. The molecule has 0 aliphatic heterocycles. The van der Waals surface area contributed by atoms with Crippen molar-refractivity contribution in [2.24, 2.45) is 0 Å². The second-order valence-electron chi connectivity index (χ2n) is 5.56. The highest BCUT2D eigenvalue weighted by molar-refractivity contribution is 6.30. The van der Waals surface area contributed by atoms with E-state index in [1.807, 2.05) is 24.3 Å². The van der Waals surface area contributed by atoms with Crippen molar-refractivity contribution < 1.29 is 4.79 Å². The third-order valence-electron chi connectivity index (χ3n) is 3.90. The molecule has 0 heterocycles. The summed E-state index contributed by atoms with van der Waals surface area (Å²) in [5, 5.41) is 3.76. The van der Waals surface area contributed by atoms with Gasteiger partial charge in [-0.2, -0.15) is 0 Å². The number of carbonyl (C=O) groups is 1. The molecule has 3 nitrogen and oxygen atoms in total. The predicted octanol–water partition coefficient (Wildman–Crippen LogP) is 3.90. The lowest BCUT2D eigenvalue weighted by Gasteiger charge is -2.17. The summed E-state index contributed by atoms with van der Waals surface area (Å²) in [6.07, 6.45) is 4.60. The summed E-state index contributed by atoms with van der Waals surface area (Å²) < 4.78 is 0. The van der Waals surface area contributed by atoms with E-state index in [9.17, 15) is 4.79 Å². The molecule has 1 N–H and O–H groups in total. The van der Waals surface area contributed by atoms with Crippen LogP contribution in [-0.2, 0) is 11.2 Å². The molecule has 1 amide bonds. The number of hydrogen-bond acceptors (Lipinski definition) is 2. The maximum absolute atomic E-state index is 11.8. The van der Waals surface area contributed by atoms with Gasteiger partial charge in [0.2, 0.25) is 5.91 Å². The van der Waals surface area contributed by atoms with Crippen LogP contribution >= 0.6 is 11.6 Å². The molecule has 1 aromatic carbocycles. The van der Waals surface area contributed by atoms with Gasteiger partial charge in [-0.25, -0.2) is 0 Å². The number of unbranched alkanes of at least 4 members (excludes halogenated alkanes) is 1.